The van der Waals surface area contributed by atoms with Crippen LogP contribution in [0.5, 0.6) is 0 Å². The zero-order valence-electron chi connectivity index (χ0n) is 11.6. The van der Waals surface area contributed by atoms with E-state index in [0.29, 0.717) is 6.04 Å². The van der Waals surface area contributed by atoms with Gasteiger partial charge in [-0.15, -0.1) is 0 Å². The van der Waals surface area contributed by atoms with Crippen LogP contribution in [-0.4, -0.2) is 13.1 Å². The van der Waals surface area contributed by atoms with Crippen molar-refractivity contribution in [1.29, 1.82) is 0 Å². The number of hydrogen-bond acceptors (Lipinski definition) is 3. The molecule has 1 N–H and O–H groups in total. The average molecular weight is 290 g/mol. The molecule has 0 atom stereocenters. The van der Waals surface area contributed by atoms with Crippen molar-refractivity contribution < 1.29 is 4.39 Å². The third-order valence-corrected chi connectivity index (χ3v) is 4.34. The largest absolute Gasteiger partial charge is 0.370 e. The van der Waals surface area contributed by atoms with Gasteiger partial charge in [-0.2, -0.15) is 11.3 Å². The average Bonchev–Trinajstić information content (AvgIpc) is 3.13. The summed E-state index contributed by atoms with van der Waals surface area (Å²) in [5.74, 6) is -0.162. The summed E-state index contributed by atoms with van der Waals surface area (Å²) >= 11 is 1.71. The van der Waals surface area contributed by atoms with Crippen LogP contribution in [0.3, 0.4) is 0 Å². The Kier molecular flexibility index (Phi) is 4.03. The Bertz CT molecular complexity index is 564. The molecule has 0 amide bonds. The van der Waals surface area contributed by atoms with Gasteiger partial charge in [-0.1, -0.05) is 0 Å². The monoisotopic (exact) mass is 290 g/mol. The van der Waals surface area contributed by atoms with Crippen LogP contribution < -0.4 is 10.2 Å². The quantitative estimate of drug-likeness (QED) is 0.871. The van der Waals surface area contributed by atoms with Crippen LogP contribution in [0.15, 0.2) is 35.0 Å². The number of nitrogens with one attached hydrogen (secondary N) is 1. The lowest BCUT2D eigenvalue weighted by molar-refractivity contribution is 0.619. The SMILES string of the molecule is CN(Cc1ccsc1)c1ccc(F)cc1CNC1CC1. The minimum Gasteiger partial charge on any atom is -0.370 e. The summed E-state index contributed by atoms with van der Waals surface area (Å²) in [4.78, 5) is 2.19. The van der Waals surface area contributed by atoms with Crippen LogP contribution in [0, 0.1) is 5.82 Å². The summed E-state index contributed by atoms with van der Waals surface area (Å²) in [6.45, 7) is 1.59. The minimum absolute atomic E-state index is 0.162. The molecule has 2 aromatic rings. The first-order chi connectivity index (χ1) is 9.72. The van der Waals surface area contributed by atoms with E-state index in [-0.39, 0.29) is 5.82 Å². The standard InChI is InChI=1S/C16H19FN2S/c1-19(10-12-6-7-20-11-12)16-5-2-14(17)8-13(16)9-18-15-3-4-15/h2,5-8,11,15,18H,3-4,9-10H2,1H3. The van der Waals surface area contributed by atoms with Gasteiger partial charge in [0.2, 0.25) is 0 Å². The van der Waals surface area contributed by atoms with Crippen LogP contribution in [0.4, 0.5) is 10.1 Å². The van der Waals surface area contributed by atoms with Crippen molar-refractivity contribution in [2.24, 2.45) is 0 Å². The second-order valence-corrected chi connectivity index (χ2v) is 6.20. The third-order valence-electron chi connectivity index (χ3n) is 3.61. The fourth-order valence-electron chi connectivity index (χ4n) is 2.35. The Balaban J connectivity index is 1.75. The summed E-state index contributed by atoms with van der Waals surface area (Å²) < 4.78 is 13.5. The van der Waals surface area contributed by atoms with Crippen LogP contribution in [0.2, 0.25) is 0 Å². The van der Waals surface area contributed by atoms with E-state index in [1.807, 2.05) is 6.07 Å². The molecule has 0 unspecified atom stereocenters. The van der Waals surface area contributed by atoms with Gasteiger partial charge in [-0.25, -0.2) is 4.39 Å². The molecule has 3 rings (SSSR count). The minimum atomic E-state index is -0.162. The summed E-state index contributed by atoms with van der Waals surface area (Å²) in [5, 5.41) is 7.70. The molecule has 1 aromatic carbocycles. The predicted molar refractivity (Wildman–Crippen MR) is 82.7 cm³/mol. The van der Waals surface area contributed by atoms with Crippen LogP contribution in [0.25, 0.3) is 0 Å². The summed E-state index contributed by atoms with van der Waals surface area (Å²) in [7, 11) is 2.06. The van der Waals surface area contributed by atoms with Gasteiger partial charge in [0.25, 0.3) is 0 Å². The van der Waals surface area contributed by atoms with E-state index in [1.165, 1.54) is 18.4 Å². The normalized spacial score (nSPS) is 14.5. The molecule has 20 heavy (non-hydrogen) atoms. The Morgan fingerprint density at radius 3 is 2.90 bits per heavy atom. The molecule has 0 saturated heterocycles. The first kappa shape index (κ1) is 13.6. The predicted octanol–water partition coefficient (Wildman–Crippen LogP) is 3.78. The van der Waals surface area contributed by atoms with Gasteiger partial charge in [0.15, 0.2) is 0 Å². The molecule has 1 aliphatic carbocycles. The van der Waals surface area contributed by atoms with E-state index in [4.69, 9.17) is 0 Å². The zero-order valence-corrected chi connectivity index (χ0v) is 12.4. The van der Waals surface area contributed by atoms with Crippen molar-refractivity contribution in [2.75, 3.05) is 11.9 Å². The fourth-order valence-corrected chi connectivity index (χ4v) is 3.01. The van der Waals surface area contributed by atoms with E-state index >= 15 is 0 Å². The van der Waals surface area contributed by atoms with Crippen molar-refractivity contribution in [3.63, 3.8) is 0 Å². The lowest BCUT2D eigenvalue weighted by Gasteiger charge is -2.22. The highest BCUT2D eigenvalue weighted by Crippen LogP contribution is 2.25. The molecule has 1 heterocycles. The van der Waals surface area contributed by atoms with Gasteiger partial charge in [-0.05, 0) is 59.0 Å². The van der Waals surface area contributed by atoms with Crippen molar-refractivity contribution in [3.8, 4) is 0 Å². The Morgan fingerprint density at radius 1 is 1.35 bits per heavy atom. The molecule has 4 heteroatoms. The number of thiophene rings is 1. The van der Waals surface area contributed by atoms with Crippen molar-refractivity contribution in [2.45, 2.75) is 32.0 Å². The second-order valence-electron chi connectivity index (χ2n) is 5.42. The van der Waals surface area contributed by atoms with E-state index in [0.717, 1.165) is 24.3 Å². The van der Waals surface area contributed by atoms with E-state index in [2.05, 4.69) is 34.1 Å². The van der Waals surface area contributed by atoms with Crippen molar-refractivity contribution in [3.05, 3.63) is 52.0 Å². The van der Waals surface area contributed by atoms with E-state index in [9.17, 15) is 4.39 Å². The number of rotatable bonds is 6. The molecule has 1 aliphatic rings. The Hall–Kier alpha value is -1.39. The fraction of sp³-hybridized carbons (Fsp3) is 0.375. The summed E-state index contributed by atoms with van der Waals surface area (Å²) in [6, 6.07) is 7.83. The van der Waals surface area contributed by atoms with Crippen LogP contribution in [-0.2, 0) is 13.1 Å². The zero-order chi connectivity index (χ0) is 13.9. The molecule has 0 aliphatic heterocycles. The molecule has 1 saturated carbocycles. The van der Waals surface area contributed by atoms with Gasteiger partial charge in [-0.3, -0.25) is 0 Å². The highest BCUT2D eigenvalue weighted by atomic mass is 32.1. The number of benzene rings is 1. The molecular weight excluding hydrogens is 271 g/mol. The Labute approximate surface area is 123 Å². The molecule has 1 fully saturated rings. The first-order valence-corrected chi connectivity index (χ1v) is 7.90. The number of anilines is 1. The summed E-state index contributed by atoms with van der Waals surface area (Å²) in [5.41, 5.74) is 3.43. The maximum Gasteiger partial charge on any atom is 0.123 e. The van der Waals surface area contributed by atoms with E-state index in [1.54, 1.807) is 23.5 Å². The molecule has 0 bridgehead atoms. The number of halogens is 1. The van der Waals surface area contributed by atoms with Crippen LogP contribution in [0.1, 0.15) is 24.0 Å². The lowest BCUT2D eigenvalue weighted by atomic mass is 10.1. The van der Waals surface area contributed by atoms with Gasteiger partial charge in [0, 0.05) is 31.9 Å². The second kappa shape index (κ2) is 5.94. The summed E-state index contributed by atoms with van der Waals surface area (Å²) in [6.07, 6.45) is 2.49. The molecule has 0 spiro atoms. The van der Waals surface area contributed by atoms with Crippen molar-refractivity contribution >= 4 is 17.0 Å². The third kappa shape index (κ3) is 3.38. The molecule has 1 aromatic heterocycles. The number of hydrogen-bond donors (Lipinski definition) is 1. The molecule has 106 valence electrons. The molecule has 2 nitrogen and oxygen atoms in total. The highest BCUT2D eigenvalue weighted by Gasteiger charge is 2.21. The van der Waals surface area contributed by atoms with Gasteiger partial charge >= 0.3 is 0 Å². The van der Waals surface area contributed by atoms with Gasteiger partial charge < -0.3 is 10.2 Å². The first-order valence-electron chi connectivity index (χ1n) is 6.96. The van der Waals surface area contributed by atoms with Gasteiger partial charge in [0.1, 0.15) is 5.82 Å². The van der Waals surface area contributed by atoms with Gasteiger partial charge in [0.05, 0.1) is 0 Å². The maximum absolute atomic E-state index is 13.5. The maximum atomic E-state index is 13.5. The molecular formula is C16H19FN2S. The van der Waals surface area contributed by atoms with Crippen LogP contribution >= 0.6 is 11.3 Å². The molecule has 0 radical (unpaired) electrons. The lowest BCUT2D eigenvalue weighted by Crippen LogP contribution is -2.21. The highest BCUT2D eigenvalue weighted by molar-refractivity contribution is 7.07. The smallest absolute Gasteiger partial charge is 0.123 e. The van der Waals surface area contributed by atoms with E-state index < -0.39 is 0 Å². The Morgan fingerprint density at radius 2 is 2.20 bits per heavy atom. The topological polar surface area (TPSA) is 15.3 Å². The number of nitrogens with zero attached hydrogens (tertiary/aromatic N) is 1. The van der Waals surface area contributed by atoms with Crippen molar-refractivity contribution in [1.82, 2.24) is 5.32 Å².